The molecule has 0 saturated carbocycles. The third-order valence-corrected chi connectivity index (χ3v) is 4.03. The fourth-order valence-electron chi connectivity index (χ4n) is 2.17. The zero-order valence-electron chi connectivity index (χ0n) is 11.9. The molecule has 21 heavy (non-hydrogen) atoms. The summed E-state index contributed by atoms with van der Waals surface area (Å²) in [7, 11) is 0. The molecule has 0 saturated heterocycles. The molecule has 3 rings (SSSR count). The van der Waals surface area contributed by atoms with E-state index >= 15 is 0 Å². The molecule has 110 valence electrons. The normalized spacial score (nSPS) is 14.8. The summed E-state index contributed by atoms with van der Waals surface area (Å²) in [6.07, 6.45) is 2.74. The van der Waals surface area contributed by atoms with Gasteiger partial charge < -0.3 is 15.2 Å². The topological polar surface area (TPSA) is 57.4 Å². The van der Waals surface area contributed by atoms with Gasteiger partial charge >= 0.3 is 0 Å². The van der Waals surface area contributed by atoms with Gasteiger partial charge in [0.1, 0.15) is 18.2 Å². The SMILES string of the molecule is CC(N)Cc1ccc(Sc2ccc3c(c2)OCCO3)nc1. The molecule has 2 heterocycles. The van der Waals surface area contributed by atoms with E-state index in [-0.39, 0.29) is 6.04 Å². The minimum atomic E-state index is 0.156. The minimum absolute atomic E-state index is 0.156. The van der Waals surface area contributed by atoms with Crippen LogP contribution < -0.4 is 15.2 Å². The number of rotatable bonds is 4. The second-order valence-corrected chi connectivity index (χ2v) is 6.19. The molecule has 0 bridgehead atoms. The second-order valence-electron chi connectivity index (χ2n) is 5.09. The molecule has 2 N–H and O–H groups in total. The summed E-state index contributed by atoms with van der Waals surface area (Å²) >= 11 is 1.61. The van der Waals surface area contributed by atoms with Crippen LogP contribution in [0.3, 0.4) is 0 Å². The van der Waals surface area contributed by atoms with Crippen LogP contribution in [0.5, 0.6) is 11.5 Å². The highest BCUT2D eigenvalue weighted by Crippen LogP contribution is 2.36. The van der Waals surface area contributed by atoms with Gasteiger partial charge in [-0.3, -0.25) is 0 Å². The summed E-state index contributed by atoms with van der Waals surface area (Å²) in [6, 6.07) is 10.2. The van der Waals surface area contributed by atoms with Crippen molar-refractivity contribution in [2.24, 2.45) is 5.73 Å². The van der Waals surface area contributed by atoms with Crippen molar-refractivity contribution in [1.82, 2.24) is 4.98 Å². The van der Waals surface area contributed by atoms with Crippen LogP contribution in [0, 0.1) is 0 Å². The summed E-state index contributed by atoms with van der Waals surface area (Å²) in [4.78, 5) is 5.56. The molecule has 1 unspecified atom stereocenters. The average molecular weight is 302 g/mol. The molecule has 1 atom stereocenters. The zero-order chi connectivity index (χ0) is 14.7. The van der Waals surface area contributed by atoms with Gasteiger partial charge in [0.15, 0.2) is 11.5 Å². The van der Waals surface area contributed by atoms with Gasteiger partial charge in [0.25, 0.3) is 0 Å². The Labute approximate surface area is 128 Å². The maximum atomic E-state index is 5.79. The van der Waals surface area contributed by atoms with Crippen LogP contribution in [-0.2, 0) is 6.42 Å². The highest BCUT2D eigenvalue weighted by molar-refractivity contribution is 7.99. The largest absolute Gasteiger partial charge is 0.486 e. The first-order chi connectivity index (χ1) is 10.2. The molecule has 1 aromatic heterocycles. The van der Waals surface area contributed by atoms with Crippen LogP contribution in [0.25, 0.3) is 0 Å². The highest BCUT2D eigenvalue weighted by atomic mass is 32.2. The van der Waals surface area contributed by atoms with Crippen molar-refractivity contribution >= 4 is 11.8 Å². The van der Waals surface area contributed by atoms with Crippen LogP contribution >= 0.6 is 11.8 Å². The minimum Gasteiger partial charge on any atom is -0.486 e. The lowest BCUT2D eigenvalue weighted by Crippen LogP contribution is -2.17. The molecule has 4 nitrogen and oxygen atoms in total. The number of hydrogen-bond acceptors (Lipinski definition) is 5. The van der Waals surface area contributed by atoms with Crippen molar-refractivity contribution in [3.63, 3.8) is 0 Å². The molecule has 0 radical (unpaired) electrons. The lowest BCUT2D eigenvalue weighted by atomic mass is 10.1. The summed E-state index contributed by atoms with van der Waals surface area (Å²) < 4.78 is 11.1. The van der Waals surface area contributed by atoms with Crippen molar-refractivity contribution in [1.29, 1.82) is 0 Å². The monoisotopic (exact) mass is 302 g/mol. The van der Waals surface area contributed by atoms with Gasteiger partial charge in [-0.05, 0) is 43.2 Å². The number of benzene rings is 1. The Morgan fingerprint density at radius 1 is 1.19 bits per heavy atom. The molecule has 0 amide bonds. The van der Waals surface area contributed by atoms with Gasteiger partial charge in [0.2, 0.25) is 0 Å². The van der Waals surface area contributed by atoms with E-state index in [0.717, 1.165) is 33.4 Å². The predicted molar refractivity (Wildman–Crippen MR) is 83.1 cm³/mol. The molecular formula is C16H18N2O2S. The molecule has 1 aliphatic heterocycles. The van der Waals surface area contributed by atoms with Crippen molar-refractivity contribution in [3.05, 3.63) is 42.1 Å². The van der Waals surface area contributed by atoms with Crippen LogP contribution in [0.1, 0.15) is 12.5 Å². The predicted octanol–water partition coefficient (Wildman–Crippen LogP) is 2.89. The summed E-state index contributed by atoms with van der Waals surface area (Å²) in [5.41, 5.74) is 6.96. The van der Waals surface area contributed by atoms with E-state index in [0.29, 0.717) is 13.2 Å². The van der Waals surface area contributed by atoms with Gasteiger partial charge in [0, 0.05) is 17.1 Å². The van der Waals surface area contributed by atoms with Crippen molar-refractivity contribution in [2.75, 3.05) is 13.2 Å². The average Bonchev–Trinajstić information content (AvgIpc) is 2.49. The van der Waals surface area contributed by atoms with Crippen molar-refractivity contribution in [3.8, 4) is 11.5 Å². The molecule has 0 fully saturated rings. The van der Waals surface area contributed by atoms with Crippen molar-refractivity contribution in [2.45, 2.75) is 29.3 Å². The Bertz CT molecular complexity index is 614. The van der Waals surface area contributed by atoms with Gasteiger partial charge in [-0.2, -0.15) is 0 Å². The summed E-state index contributed by atoms with van der Waals surface area (Å²) in [5, 5.41) is 0.958. The first-order valence-electron chi connectivity index (χ1n) is 6.99. The lowest BCUT2D eigenvalue weighted by molar-refractivity contribution is 0.171. The van der Waals surface area contributed by atoms with E-state index in [4.69, 9.17) is 15.2 Å². The maximum absolute atomic E-state index is 5.79. The summed E-state index contributed by atoms with van der Waals surface area (Å²) in [6.45, 7) is 3.21. The quantitative estimate of drug-likeness (QED) is 0.941. The van der Waals surface area contributed by atoms with Crippen molar-refractivity contribution < 1.29 is 9.47 Å². The van der Waals surface area contributed by atoms with E-state index in [1.54, 1.807) is 11.8 Å². The number of fused-ring (bicyclic) bond motifs is 1. The second kappa shape index (κ2) is 6.37. The maximum Gasteiger partial charge on any atom is 0.162 e. The fraction of sp³-hybridized carbons (Fsp3) is 0.312. The molecule has 0 spiro atoms. The number of hydrogen-bond donors (Lipinski definition) is 1. The standard InChI is InChI=1S/C16H18N2O2S/c1-11(17)8-12-2-5-16(18-10-12)21-13-3-4-14-15(9-13)20-7-6-19-14/h2-5,9-11H,6-8,17H2,1H3. The Morgan fingerprint density at radius 3 is 2.71 bits per heavy atom. The van der Waals surface area contributed by atoms with Crippen LogP contribution in [0.2, 0.25) is 0 Å². The summed E-state index contributed by atoms with van der Waals surface area (Å²) in [5.74, 6) is 1.62. The Hall–Kier alpha value is -1.72. The Morgan fingerprint density at radius 2 is 2.00 bits per heavy atom. The molecule has 5 heteroatoms. The molecule has 1 aromatic carbocycles. The Kier molecular flexibility index (Phi) is 4.31. The number of pyridine rings is 1. The molecule has 1 aliphatic rings. The van der Waals surface area contributed by atoms with Gasteiger partial charge in [-0.15, -0.1) is 0 Å². The number of nitrogens with zero attached hydrogens (tertiary/aromatic N) is 1. The van der Waals surface area contributed by atoms with Gasteiger partial charge in [-0.25, -0.2) is 4.98 Å². The Balaban J connectivity index is 1.71. The van der Waals surface area contributed by atoms with Crippen LogP contribution in [-0.4, -0.2) is 24.2 Å². The van der Waals surface area contributed by atoms with E-state index in [2.05, 4.69) is 11.1 Å². The van der Waals surface area contributed by atoms with Gasteiger partial charge in [-0.1, -0.05) is 17.8 Å². The molecular weight excluding hydrogens is 284 g/mol. The molecule has 0 aliphatic carbocycles. The van der Waals surface area contributed by atoms with E-state index < -0.39 is 0 Å². The fourth-order valence-corrected chi connectivity index (χ4v) is 2.96. The number of ether oxygens (including phenoxy) is 2. The third kappa shape index (κ3) is 3.68. The first-order valence-corrected chi connectivity index (χ1v) is 7.80. The molecule has 2 aromatic rings. The number of aromatic nitrogens is 1. The zero-order valence-corrected chi connectivity index (χ0v) is 12.7. The third-order valence-electron chi connectivity index (χ3n) is 3.09. The smallest absolute Gasteiger partial charge is 0.162 e. The number of nitrogens with two attached hydrogens (primary N) is 1. The van der Waals surface area contributed by atoms with Crippen LogP contribution in [0.4, 0.5) is 0 Å². The van der Waals surface area contributed by atoms with Crippen LogP contribution in [0.15, 0.2) is 46.5 Å². The van der Waals surface area contributed by atoms with E-state index in [9.17, 15) is 0 Å². The highest BCUT2D eigenvalue weighted by Gasteiger charge is 2.12. The van der Waals surface area contributed by atoms with E-state index in [1.165, 1.54) is 0 Å². The lowest BCUT2D eigenvalue weighted by Gasteiger charge is -2.18. The van der Waals surface area contributed by atoms with E-state index in [1.807, 2.05) is 37.4 Å². The van der Waals surface area contributed by atoms with Gasteiger partial charge in [0.05, 0.1) is 0 Å². The first kappa shape index (κ1) is 14.2.